The number of Topliss-reactive ketones (excluding diaryl/α,β-unsaturated/α-hetero) is 1. The van der Waals surface area contributed by atoms with E-state index in [4.69, 9.17) is 0 Å². The van der Waals surface area contributed by atoms with Gasteiger partial charge in [0.2, 0.25) is 0 Å². The molecule has 0 bridgehead atoms. The van der Waals surface area contributed by atoms with Crippen molar-refractivity contribution in [2.75, 3.05) is 10.8 Å². The van der Waals surface area contributed by atoms with Gasteiger partial charge >= 0.3 is 0 Å². The van der Waals surface area contributed by atoms with Crippen molar-refractivity contribution in [2.45, 2.75) is 18.7 Å². The van der Waals surface area contributed by atoms with E-state index < -0.39 is 10.0 Å². The van der Waals surface area contributed by atoms with Gasteiger partial charge in [-0.2, -0.15) is 0 Å². The van der Waals surface area contributed by atoms with Crippen LogP contribution in [0, 0.1) is 13.8 Å². The molecule has 0 atom stereocenters. The number of rotatable bonds is 7. The second kappa shape index (κ2) is 8.13. The van der Waals surface area contributed by atoms with Gasteiger partial charge in [-0.3, -0.25) is 9.36 Å². The Hall–Kier alpha value is -2.82. The van der Waals surface area contributed by atoms with Crippen LogP contribution in [0.4, 0.5) is 5.13 Å². The van der Waals surface area contributed by atoms with Crippen LogP contribution in [0.2, 0.25) is 0 Å². The number of carbonyl (C=O) groups is 1. The zero-order chi connectivity index (χ0) is 21.3. The molecule has 154 valence electrons. The Balaban J connectivity index is 1.72. The van der Waals surface area contributed by atoms with Crippen LogP contribution in [0.15, 0.2) is 64.4 Å². The molecule has 0 saturated carbocycles. The number of ketones is 1. The SMILES string of the molecule is Cc1cc(C(=O)CN(c2nccs2)S(=O)(=O)c2ccccc2)c(C)n1-c1nccs1. The number of carbonyl (C=O) groups excluding carboxylic acids is 1. The van der Waals surface area contributed by atoms with Gasteiger partial charge in [-0.05, 0) is 32.0 Å². The lowest BCUT2D eigenvalue weighted by atomic mass is 10.1. The molecule has 0 fully saturated rings. The summed E-state index contributed by atoms with van der Waals surface area (Å²) < 4.78 is 29.5. The molecular weight excluding hydrogens is 440 g/mol. The van der Waals surface area contributed by atoms with Crippen LogP contribution < -0.4 is 4.31 Å². The number of aryl methyl sites for hydroxylation is 1. The summed E-state index contributed by atoms with van der Waals surface area (Å²) in [6.07, 6.45) is 3.23. The zero-order valence-corrected chi connectivity index (χ0v) is 18.7. The molecule has 7 nitrogen and oxygen atoms in total. The maximum absolute atomic E-state index is 13.3. The topological polar surface area (TPSA) is 85.2 Å². The molecule has 4 aromatic rings. The van der Waals surface area contributed by atoms with E-state index in [1.165, 1.54) is 41.0 Å². The minimum Gasteiger partial charge on any atom is -0.294 e. The molecule has 0 N–H and O–H groups in total. The van der Waals surface area contributed by atoms with E-state index >= 15 is 0 Å². The molecule has 3 heterocycles. The number of anilines is 1. The van der Waals surface area contributed by atoms with Crippen molar-refractivity contribution in [3.63, 3.8) is 0 Å². The Bertz CT molecular complexity index is 1260. The molecule has 1 aromatic carbocycles. The lowest BCUT2D eigenvalue weighted by molar-refractivity contribution is 0.100. The number of nitrogens with zero attached hydrogens (tertiary/aromatic N) is 4. The quantitative estimate of drug-likeness (QED) is 0.390. The van der Waals surface area contributed by atoms with Crippen LogP contribution in [0.1, 0.15) is 21.7 Å². The van der Waals surface area contributed by atoms with Crippen molar-refractivity contribution in [3.05, 3.63) is 76.5 Å². The fraction of sp³-hybridized carbons (Fsp3) is 0.150. The molecule has 4 rings (SSSR count). The first-order valence-electron chi connectivity index (χ1n) is 8.99. The van der Waals surface area contributed by atoms with Crippen LogP contribution in [-0.4, -0.2) is 35.3 Å². The van der Waals surface area contributed by atoms with Crippen molar-refractivity contribution in [1.29, 1.82) is 0 Å². The van der Waals surface area contributed by atoms with E-state index in [-0.39, 0.29) is 22.4 Å². The predicted molar refractivity (Wildman–Crippen MR) is 118 cm³/mol. The molecule has 0 radical (unpaired) electrons. The molecule has 10 heteroatoms. The van der Waals surface area contributed by atoms with Gasteiger partial charge in [0.05, 0.1) is 4.90 Å². The average molecular weight is 459 g/mol. The van der Waals surface area contributed by atoms with E-state index in [9.17, 15) is 13.2 Å². The monoisotopic (exact) mass is 458 g/mol. The van der Waals surface area contributed by atoms with Gasteiger partial charge in [-0.15, -0.1) is 22.7 Å². The average Bonchev–Trinajstić information content (AvgIpc) is 3.48. The molecule has 0 saturated heterocycles. The number of benzene rings is 1. The summed E-state index contributed by atoms with van der Waals surface area (Å²) in [5.41, 5.74) is 2.05. The largest absolute Gasteiger partial charge is 0.294 e. The van der Waals surface area contributed by atoms with Gasteiger partial charge in [0.25, 0.3) is 10.0 Å². The lowest BCUT2D eigenvalue weighted by Crippen LogP contribution is -2.36. The second-order valence-electron chi connectivity index (χ2n) is 6.50. The Morgan fingerprint density at radius 2 is 1.77 bits per heavy atom. The fourth-order valence-electron chi connectivity index (χ4n) is 3.20. The van der Waals surface area contributed by atoms with Crippen LogP contribution in [0.3, 0.4) is 0 Å². The molecule has 0 spiro atoms. The van der Waals surface area contributed by atoms with Crippen LogP contribution in [0.25, 0.3) is 5.13 Å². The molecule has 0 aliphatic heterocycles. The van der Waals surface area contributed by atoms with Crippen molar-refractivity contribution in [1.82, 2.24) is 14.5 Å². The van der Waals surface area contributed by atoms with E-state index in [0.717, 1.165) is 20.8 Å². The van der Waals surface area contributed by atoms with Gasteiger partial charge < -0.3 is 0 Å². The fourth-order valence-corrected chi connectivity index (χ4v) is 6.21. The highest BCUT2D eigenvalue weighted by molar-refractivity contribution is 7.93. The Labute approximate surface area is 182 Å². The normalized spacial score (nSPS) is 11.5. The van der Waals surface area contributed by atoms with Gasteiger partial charge in [0.1, 0.15) is 6.54 Å². The number of sulfonamides is 1. The van der Waals surface area contributed by atoms with Gasteiger partial charge in [-0.1, -0.05) is 18.2 Å². The van der Waals surface area contributed by atoms with Crippen LogP contribution in [-0.2, 0) is 10.0 Å². The highest BCUT2D eigenvalue weighted by Gasteiger charge is 2.30. The standard InChI is InChI=1S/C20H18N4O3S3/c1-14-12-17(15(2)24(14)20-22-9-11-29-20)18(25)13-23(19-21-8-10-28-19)30(26,27)16-6-4-3-5-7-16/h3-12H,13H2,1-2H3. The van der Waals surface area contributed by atoms with E-state index in [1.807, 2.05) is 23.8 Å². The Kier molecular flexibility index (Phi) is 5.54. The minimum absolute atomic E-state index is 0.112. The first kappa shape index (κ1) is 20.5. The summed E-state index contributed by atoms with van der Waals surface area (Å²) in [7, 11) is -3.94. The molecule has 3 aromatic heterocycles. The molecule has 0 unspecified atom stereocenters. The van der Waals surface area contributed by atoms with Crippen molar-refractivity contribution in [2.24, 2.45) is 0 Å². The third-order valence-corrected chi connectivity index (χ3v) is 8.01. The van der Waals surface area contributed by atoms with E-state index in [0.29, 0.717) is 5.56 Å². The first-order chi connectivity index (χ1) is 14.4. The number of thiazole rings is 2. The number of hydrogen-bond donors (Lipinski definition) is 0. The van der Waals surface area contributed by atoms with Gasteiger partial charge in [-0.25, -0.2) is 22.7 Å². The van der Waals surface area contributed by atoms with Crippen LogP contribution in [0.5, 0.6) is 0 Å². The lowest BCUT2D eigenvalue weighted by Gasteiger charge is -2.21. The summed E-state index contributed by atoms with van der Waals surface area (Å²) in [5.74, 6) is -0.305. The first-order valence-corrected chi connectivity index (χ1v) is 12.2. The molecular formula is C20H18N4O3S3. The van der Waals surface area contributed by atoms with Crippen molar-refractivity contribution < 1.29 is 13.2 Å². The minimum atomic E-state index is -3.94. The smallest absolute Gasteiger partial charge is 0.266 e. The number of aromatic nitrogens is 3. The maximum atomic E-state index is 13.3. The van der Waals surface area contributed by atoms with Crippen molar-refractivity contribution >= 4 is 43.6 Å². The highest BCUT2D eigenvalue weighted by Crippen LogP contribution is 2.27. The molecule has 0 amide bonds. The molecule has 0 aliphatic rings. The predicted octanol–water partition coefficient (Wildman–Crippen LogP) is 4.09. The summed E-state index contributed by atoms with van der Waals surface area (Å²) in [4.78, 5) is 21.8. The van der Waals surface area contributed by atoms with Gasteiger partial charge in [0, 0.05) is 40.1 Å². The summed E-state index contributed by atoms with van der Waals surface area (Å²) in [6, 6.07) is 9.83. The maximum Gasteiger partial charge on any atom is 0.266 e. The third-order valence-electron chi connectivity index (χ3n) is 4.59. The molecule has 0 aliphatic carbocycles. The van der Waals surface area contributed by atoms with Crippen LogP contribution >= 0.6 is 22.7 Å². The second-order valence-corrected chi connectivity index (χ2v) is 10.1. The zero-order valence-electron chi connectivity index (χ0n) is 16.2. The van der Waals surface area contributed by atoms with Gasteiger partial charge in [0.15, 0.2) is 16.0 Å². The van der Waals surface area contributed by atoms with E-state index in [2.05, 4.69) is 9.97 Å². The summed E-state index contributed by atoms with van der Waals surface area (Å²) in [5, 5.41) is 4.56. The van der Waals surface area contributed by atoms with E-state index in [1.54, 1.807) is 35.8 Å². The third kappa shape index (κ3) is 3.69. The summed E-state index contributed by atoms with van der Waals surface area (Å²) in [6.45, 7) is 3.39. The molecule has 30 heavy (non-hydrogen) atoms. The number of hydrogen-bond acceptors (Lipinski definition) is 7. The summed E-state index contributed by atoms with van der Waals surface area (Å²) >= 11 is 2.64. The highest BCUT2D eigenvalue weighted by atomic mass is 32.2. The Morgan fingerprint density at radius 1 is 1.07 bits per heavy atom. The van der Waals surface area contributed by atoms with Crippen molar-refractivity contribution in [3.8, 4) is 5.13 Å². The Morgan fingerprint density at radius 3 is 2.40 bits per heavy atom.